The van der Waals surface area contributed by atoms with Gasteiger partial charge in [0.15, 0.2) is 5.82 Å². The molecule has 0 unspecified atom stereocenters. The van der Waals surface area contributed by atoms with Gasteiger partial charge in [0.25, 0.3) is 0 Å². The van der Waals surface area contributed by atoms with Crippen molar-refractivity contribution in [1.82, 2.24) is 40.2 Å². The van der Waals surface area contributed by atoms with Crippen LogP contribution in [0.4, 0.5) is 10.6 Å². The summed E-state index contributed by atoms with van der Waals surface area (Å²) in [6.07, 6.45) is 8.57. The average molecular weight is 514 g/mol. The number of fused-ring (bicyclic) bond motifs is 2. The molecule has 1 aliphatic carbocycles. The van der Waals surface area contributed by atoms with Gasteiger partial charge in [0, 0.05) is 50.4 Å². The summed E-state index contributed by atoms with van der Waals surface area (Å²) in [5.74, 6) is 2.09. The van der Waals surface area contributed by atoms with Crippen LogP contribution in [0, 0.1) is 5.92 Å². The number of aromatic nitrogens is 7. The predicted molar refractivity (Wildman–Crippen MR) is 140 cm³/mol. The Morgan fingerprint density at radius 2 is 1.87 bits per heavy atom. The molecule has 196 valence electrons. The molecule has 1 aliphatic heterocycles. The third-order valence-corrected chi connectivity index (χ3v) is 7.47. The maximum absolute atomic E-state index is 12.9. The first-order valence-corrected chi connectivity index (χ1v) is 13.2. The van der Waals surface area contributed by atoms with E-state index in [0.717, 1.165) is 66.5 Å². The lowest BCUT2D eigenvalue weighted by Gasteiger charge is -2.24. The minimum Gasteiger partial charge on any atom is -0.355 e. The Balaban J connectivity index is 1.18. The lowest BCUT2D eigenvalue weighted by molar-refractivity contribution is 0.0746. The highest BCUT2D eigenvalue weighted by Crippen LogP contribution is 2.31. The Kier molecular flexibility index (Phi) is 6.48. The fourth-order valence-corrected chi connectivity index (χ4v) is 5.40. The van der Waals surface area contributed by atoms with Crippen molar-refractivity contribution in [2.45, 2.75) is 46.1 Å². The van der Waals surface area contributed by atoms with E-state index in [1.807, 2.05) is 12.4 Å². The predicted octanol–water partition coefficient (Wildman–Crippen LogP) is 2.87. The topological polar surface area (TPSA) is 118 Å². The summed E-state index contributed by atoms with van der Waals surface area (Å²) in [5, 5.41) is 15.4. The molecule has 0 fully saturated rings. The van der Waals surface area contributed by atoms with E-state index in [2.05, 4.69) is 63.5 Å². The molecule has 1 N–H and O–H groups in total. The molecule has 11 nitrogen and oxygen atoms in total. The molecule has 0 spiro atoms. The van der Waals surface area contributed by atoms with Crippen molar-refractivity contribution >= 4 is 11.9 Å². The Labute approximate surface area is 220 Å². The van der Waals surface area contributed by atoms with Crippen LogP contribution in [0.15, 0.2) is 42.9 Å². The number of benzene rings is 1. The molecule has 0 saturated carbocycles. The van der Waals surface area contributed by atoms with E-state index < -0.39 is 6.09 Å². The fourth-order valence-electron chi connectivity index (χ4n) is 5.40. The maximum atomic E-state index is 12.9. The summed E-state index contributed by atoms with van der Waals surface area (Å²) in [4.78, 5) is 32.9. The van der Waals surface area contributed by atoms with Crippen molar-refractivity contribution in [3.05, 3.63) is 71.2 Å². The summed E-state index contributed by atoms with van der Waals surface area (Å²) in [6.45, 7) is 6.53. The number of hydrogen-bond donors (Lipinski definition) is 1. The number of H-pyrrole nitrogens is 1. The van der Waals surface area contributed by atoms with Crippen LogP contribution in [0.25, 0.3) is 11.1 Å². The highest BCUT2D eigenvalue weighted by molar-refractivity contribution is 5.75. The van der Waals surface area contributed by atoms with Crippen LogP contribution in [0.2, 0.25) is 0 Å². The molecule has 4 heterocycles. The first-order chi connectivity index (χ1) is 18.6. The Morgan fingerprint density at radius 1 is 1.13 bits per heavy atom. The minimum absolute atomic E-state index is 0.350. The second kappa shape index (κ2) is 10.2. The number of hydrogen-bond acceptors (Lipinski definition) is 8. The Hall–Kier alpha value is -4.28. The van der Waals surface area contributed by atoms with Gasteiger partial charge in [-0.15, -0.1) is 10.2 Å². The first kappa shape index (κ1) is 24.1. The zero-order chi connectivity index (χ0) is 26.1. The molecule has 2 aliphatic rings. The van der Waals surface area contributed by atoms with Gasteiger partial charge >= 0.3 is 6.09 Å². The summed E-state index contributed by atoms with van der Waals surface area (Å²) in [7, 11) is 0. The standard InChI is InChI=1S/C27H31N9O2/c1-3-34(4-2)26-22(16-36(32-26)38-27(37)35-10-9-23-24(17-35)31-33-30-23)21-14-28-25(29-15-21)13-18-11-19-7-5-6-8-20(19)12-18/h5-8,14-16,18H,3-4,9-13,17H2,1-2H3,(H,30,31,33). The molecule has 1 aromatic carbocycles. The summed E-state index contributed by atoms with van der Waals surface area (Å²) >= 11 is 0. The highest BCUT2D eigenvalue weighted by Gasteiger charge is 2.27. The SMILES string of the molecule is CCN(CC)c1nn(OC(=O)N2CCc3[nH]nnc3C2)cc1-c1cnc(CC2Cc3ccccc3C2)nc1. The molecule has 4 aromatic rings. The van der Waals surface area contributed by atoms with Gasteiger partial charge in [0.2, 0.25) is 0 Å². The summed E-state index contributed by atoms with van der Waals surface area (Å²) in [6, 6.07) is 8.65. The second-order valence-corrected chi connectivity index (χ2v) is 9.84. The monoisotopic (exact) mass is 513 g/mol. The average Bonchev–Trinajstić information content (AvgIpc) is 3.67. The van der Waals surface area contributed by atoms with Crippen LogP contribution in [0.1, 0.15) is 42.2 Å². The molecule has 0 bridgehead atoms. The van der Waals surface area contributed by atoms with Gasteiger partial charge < -0.3 is 4.90 Å². The van der Waals surface area contributed by atoms with E-state index in [4.69, 9.17) is 14.8 Å². The number of carbonyl (C=O) groups excluding carboxylic acids is 1. The van der Waals surface area contributed by atoms with Crippen molar-refractivity contribution in [3.63, 3.8) is 0 Å². The van der Waals surface area contributed by atoms with Crippen LogP contribution in [-0.4, -0.2) is 65.9 Å². The molecule has 6 rings (SSSR count). The molecule has 0 saturated heterocycles. The lowest BCUT2D eigenvalue weighted by atomic mass is 10.0. The van der Waals surface area contributed by atoms with E-state index in [-0.39, 0.29) is 0 Å². The number of rotatable bonds is 7. The number of amides is 1. The molecule has 0 atom stereocenters. The van der Waals surface area contributed by atoms with E-state index in [1.165, 1.54) is 16.0 Å². The van der Waals surface area contributed by atoms with Gasteiger partial charge in [-0.05, 0) is 43.7 Å². The summed E-state index contributed by atoms with van der Waals surface area (Å²) in [5.41, 5.74) is 6.24. The van der Waals surface area contributed by atoms with Crippen molar-refractivity contribution in [3.8, 4) is 11.1 Å². The first-order valence-electron chi connectivity index (χ1n) is 13.2. The number of nitrogens with zero attached hydrogens (tertiary/aromatic N) is 8. The summed E-state index contributed by atoms with van der Waals surface area (Å²) < 4.78 is 0. The van der Waals surface area contributed by atoms with Crippen molar-refractivity contribution in [2.24, 2.45) is 5.92 Å². The smallest absolute Gasteiger partial charge is 0.355 e. The molecule has 3 aromatic heterocycles. The normalized spacial score (nSPS) is 14.8. The molecular weight excluding hydrogens is 482 g/mol. The lowest BCUT2D eigenvalue weighted by Crippen LogP contribution is -2.40. The van der Waals surface area contributed by atoms with Gasteiger partial charge in [0.1, 0.15) is 11.5 Å². The van der Waals surface area contributed by atoms with E-state index in [0.29, 0.717) is 25.4 Å². The number of anilines is 1. The number of aromatic amines is 1. The third-order valence-electron chi connectivity index (χ3n) is 7.47. The maximum Gasteiger partial charge on any atom is 0.436 e. The Morgan fingerprint density at radius 3 is 2.58 bits per heavy atom. The van der Waals surface area contributed by atoms with Crippen LogP contribution in [0.3, 0.4) is 0 Å². The van der Waals surface area contributed by atoms with Gasteiger partial charge in [-0.2, -0.15) is 0 Å². The van der Waals surface area contributed by atoms with E-state index >= 15 is 0 Å². The van der Waals surface area contributed by atoms with Gasteiger partial charge in [-0.25, -0.2) is 14.8 Å². The molecular formula is C27H31N9O2. The van der Waals surface area contributed by atoms with Crippen LogP contribution >= 0.6 is 0 Å². The Bertz CT molecular complexity index is 1400. The zero-order valence-electron chi connectivity index (χ0n) is 21.7. The van der Waals surface area contributed by atoms with Gasteiger partial charge in [-0.1, -0.05) is 34.3 Å². The van der Waals surface area contributed by atoms with E-state index in [1.54, 1.807) is 11.1 Å². The van der Waals surface area contributed by atoms with Crippen LogP contribution in [-0.2, 0) is 32.2 Å². The van der Waals surface area contributed by atoms with Crippen LogP contribution in [0.5, 0.6) is 0 Å². The molecule has 38 heavy (non-hydrogen) atoms. The van der Waals surface area contributed by atoms with Crippen LogP contribution < -0.4 is 9.74 Å². The number of nitrogens with one attached hydrogen (secondary N) is 1. The molecule has 1 amide bonds. The van der Waals surface area contributed by atoms with E-state index in [9.17, 15) is 4.79 Å². The minimum atomic E-state index is -0.483. The molecule has 11 heteroatoms. The van der Waals surface area contributed by atoms with Gasteiger partial charge in [-0.3, -0.25) is 14.8 Å². The quantitative estimate of drug-likeness (QED) is 0.401. The second-order valence-electron chi connectivity index (χ2n) is 9.84. The highest BCUT2D eigenvalue weighted by atomic mass is 16.7. The molecule has 0 radical (unpaired) electrons. The fraction of sp³-hybridized carbons (Fsp3) is 0.407. The third kappa shape index (κ3) is 4.71. The van der Waals surface area contributed by atoms with Crippen molar-refractivity contribution in [2.75, 3.05) is 24.5 Å². The largest absolute Gasteiger partial charge is 0.436 e. The van der Waals surface area contributed by atoms with Crippen molar-refractivity contribution < 1.29 is 9.63 Å². The van der Waals surface area contributed by atoms with Gasteiger partial charge in [0.05, 0.1) is 24.0 Å². The number of carbonyl (C=O) groups is 1. The zero-order valence-corrected chi connectivity index (χ0v) is 21.7. The van der Waals surface area contributed by atoms with Crippen molar-refractivity contribution in [1.29, 1.82) is 0 Å².